The third-order valence-electron chi connectivity index (χ3n) is 6.75. The lowest BCUT2D eigenvalue weighted by atomic mass is 9.90. The van der Waals surface area contributed by atoms with Crippen molar-refractivity contribution in [3.05, 3.63) is 58.9 Å². The van der Waals surface area contributed by atoms with E-state index in [9.17, 15) is 9.90 Å². The van der Waals surface area contributed by atoms with E-state index >= 15 is 0 Å². The smallest absolute Gasteiger partial charge is 0.251 e. The van der Waals surface area contributed by atoms with Gasteiger partial charge in [0, 0.05) is 37.5 Å². The van der Waals surface area contributed by atoms with Crippen molar-refractivity contribution in [1.29, 1.82) is 0 Å². The summed E-state index contributed by atoms with van der Waals surface area (Å²) in [5, 5.41) is 13.2. The zero-order valence-corrected chi connectivity index (χ0v) is 21.8. The molecular weight excluding hydrogens is 440 g/mol. The SMILES string of the molecule is CNC(=O)c1ccc(-c2nc3cc(C)ccn3c2CC2CCN(C(O)OC(C)(C)C)CC2)c(C)c1. The van der Waals surface area contributed by atoms with Crippen LogP contribution in [0.3, 0.4) is 0 Å². The summed E-state index contributed by atoms with van der Waals surface area (Å²) < 4.78 is 7.96. The number of aromatic nitrogens is 2. The number of amides is 1. The second-order valence-electron chi connectivity index (χ2n) is 10.7. The number of aryl methyl sites for hydroxylation is 2. The molecule has 2 aromatic heterocycles. The van der Waals surface area contributed by atoms with Crippen molar-refractivity contribution < 1.29 is 14.6 Å². The van der Waals surface area contributed by atoms with Crippen molar-refractivity contribution in [3.63, 3.8) is 0 Å². The molecule has 0 bridgehead atoms. The summed E-state index contributed by atoms with van der Waals surface area (Å²) in [6.07, 6.45) is 4.11. The molecule has 1 fully saturated rings. The molecule has 2 N–H and O–H groups in total. The van der Waals surface area contributed by atoms with Crippen LogP contribution >= 0.6 is 0 Å². The molecule has 0 aliphatic carbocycles. The summed E-state index contributed by atoms with van der Waals surface area (Å²) in [4.78, 5) is 19.2. The number of imidazole rings is 1. The number of rotatable bonds is 6. The molecule has 7 heteroatoms. The number of carbonyl (C=O) groups excluding carboxylic acids is 1. The van der Waals surface area contributed by atoms with E-state index in [2.05, 4.69) is 35.0 Å². The number of benzene rings is 1. The molecule has 0 saturated carbocycles. The number of aliphatic hydroxyl groups is 1. The minimum Gasteiger partial charge on any atom is -0.356 e. The number of hydrogen-bond donors (Lipinski definition) is 2. The molecule has 1 aromatic carbocycles. The van der Waals surface area contributed by atoms with Crippen molar-refractivity contribution in [1.82, 2.24) is 19.6 Å². The number of piperidine rings is 1. The van der Waals surface area contributed by atoms with Crippen LogP contribution in [-0.2, 0) is 11.2 Å². The maximum atomic E-state index is 12.1. The van der Waals surface area contributed by atoms with Crippen LogP contribution in [-0.4, -0.2) is 57.5 Å². The summed E-state index contributed by atoms with van der Waals surface area (Å²) in [6, 6.07) is 10.1. The Morgan fingerprint density at radius 2 is 1.91 bits per heavy atom. The summed E-state index contributed by atoms with van der Waals surface area (Å²) in [7, 11) is 1.65. The van der Waals surface area contributed by atoms with Crippen LogP contribution in [0.4, 0.5) is 0 Å². The van der Waals surface area contributed by atoms with Crippen LogP contribution in [0.5, 0.6) is 0 Å². The lowest BCUT2D eigenvalue weighted by Gasteiger charge is -2.37. The number of fused-ring (bicyclic) bond motifs is 1. The number of pyridine rings is 1. The Bertz CT molecular complexity index is 1200. The average molecular weight is 479 g/mol. The number of ether oxygens (including phenoxy) is 1. The normalized spacial score (nSPS) is 16.5. The topological polar surface area (TPSA) is 79.1 Å². The number of aliphatic hydroxyl groups excluding tert-OH is 1. The highest BCUT2D eigenvalue weighted by molar-refractivity contribution is 5.95. The fourth-order valence-electron chi connectivity index (χ4n) is 4.87. The van der Waals surface area contributed by atoms with Gasteiger partial charge < -0.3 is 19.6 Å². The van der Waals surface area contributed by atoms with Gasteiger partial charge in [-0.05, 0) is 95.2 Å². The third kappa shape index (κ3) is 5.74. The molecule has 4 rings (SSSR count). The number of likely N-dealkylation sites (tertiary alicyclic amines) is 1. The first-order valence-electron chi connectivity index (χ1n) is 12.5. The van der Waals surface area contributed by atoms with E-state index in [1.165, 1.54) is 11.3 Å². The first kappa shape index (κ1) is 25.4. The Morgan fingerprint density at radius 1 is 1.20 bits per heavy atom. The molecule has 3 aromatic rings. The van der Waals surface area contributed by atoms with Gasteiger partial charge in [-0.15, -0.1) is 0 Å². The van der Waals surface area contributed by atoms with Gasteiger partial charge in [0.25, 0.3) is 5.91 Å². The van der Waals surface area contributed by atoms with Gasteiger partial charge in [-0.1, -0.05) is 6.07 Å². The van der Waals surface area contributed by atoms with Gasteiger partial charge in [0.05, 0.1) is 17.0 Å². The Balaban J connectivity index is 1.60. The van der Waals surface area contributed by atoms with Gasteiger partial charge in [-0.25, -0.2) is 4.98 Å². The molecular formula is C28H38N4O3. The summed E-state index contributed by atoms with van der Waals surface area (Å²) in [5.74, 6) is 0.397. The van der Waals surface area contributed by atoms with Gasteiger partial charge in [0.1, 0.15) is 5.65 Å². The molecule has 0 spiro atoms. The lowest BCUT2D eigenvalue weighted by Crippen LogP contribution is -2.46. The second kappa shape index (κ2) is 10.1. The van der Waals surface area contributed by atoms with E-state index in [1.54, 1.807) is 7.05 Å². The van der Waals surface area contributed by atoms with Crippen molar-refractivity contribution in [2.24, 2.45) is 5.92 Å². The number of carbonyl (C=O) groups is 1. The third-order valence-corrected chi connectivity index (χ3v) is 6.75. The van der Waals surface area contributed by atoms with Gasteiger partial charge in [-0.3, -0.25) is 9.69 Å². The Kier molecular flexibility index (Phi) is 7.31. The first-order valence-corrected chi connectivity index (χ1v) is 12.5. The van der Waals surface area contributed by atoms with Crippen LogP contribution in [0.2, 0.25) is 0 Å². The van der Waals surface area contributed by atoms with E-state index in [1.807, 2.05) is 50.8 Å². The molecule has 35 heavy (non-hydrogen) atoms. The van der Waals surface area contributed by atoms with Gasteiger partial charge in [-0.2, -0.15) is 0 Å². The Morgan fingerprint density at radius 3 is 2.54 bits per heavy atom. The van der Waals surface area contributed by atoms with Crippen LogP contribution in [0, 0.1) is 19.8 Å². The Hall–Kier alpha value is -2.74. The monoisotopic (exact) mass is 478 g/mol. The minimum atomic E-state index is -0.869. The summed E-state index contributed by atoms with van der Waals surface area (Å²) >= 11 is 0. The van der Waals surface area contributed by atoms with Gasteiger partial charge >= 0.3 is 0 Å². The molecule has 1 aliphatic heterocycles. The largest absolute Gasteiger partial charge is 0.356 e. The molecule has 1 atom stereocenters. The van der Waals surface area contributed by atoms with Crippen LogP contribution in [0.15, 0.2) is 36.5 Å². The maximum Gasteiger partial charge on any atom is 0.251 e. The fraction of sp³-hybridized carbons (Fsp3) is 0.500. The Labute approximate surface area is 208 Å². The van der Waals surface area contributed by atoms with Crippen LogP contribution in [0.25, 0.3) is 16.9 Å². The fourth-order valence-corrected chi connectivity index (χ4v) is 4.87. The quantitative estimate of drug-likeness (QED) is 0.516. The maximum absolute atomic E-state index is 12.1. The molecule has 1 saturated heterocycles. The predicted octanol–water partition coefficient (Wildman–Crippen LogP) is 4.32. The van der Waals surface area contributed by atoms with E-state index in [4.69, 9.17) is 9.72 Å². The van der Waals surface area contributed by atoms with Gasteiger partial charge in [0.15, 0.2) is 0 Å². The van der Waals surface area contributed by atoms with Crippen molar-refractivity contribution in [2.45, 2.75) is 65.9 Å². The van der Waals surface area contributed by atoms with E-state index in [0.717, 1.165) is 54.8 Å². The molecule has 188 valence electrons. The van der Waals surface area contributed by atoms with E-state index in [-0.39, 0.29) is 11.5 Å². The molecule has 3 heterocycles. The minimum absolute atomic E-state index is 0.0881. The summed E-state index contributed by atoms with van der Waals surface area (Å²) in [5.41, 5.74) is 6.65. The molecule has 7 nitrogen and oxygen atoms in total. The molecule has 1 unspecified atom stereocenters. The number of nitrogens with one attached hydrogen (secondary N) is 1. The predicted molar refractivity (Wildman–Crippen MR) is 138 cm³/mol. The number of nitrogens with zero attached hydrogens (tertiary/aromatic N) is 3. The zero-order chi connectivity index (χ0) is 25.3. The first-order chi connectivity index (χ1) is 16.6. The number of hydrogen-bond acceptors (Lipinski definition) is 5. The second-order valence-corrected chi connectivity index (χ2v) is 10.7. The summed E-state index contributed by atoms with van der Waals surface area (Å²) in [6.45, 7) is 11.6. The molecule has 1 amide bonds. The standard InChI is InChI=1S/C28H38N4O3/c1-18-9-14-32-23(17-20-10-12-31(13-11-20)27(34)35-28(3,4)5)25(30-24(32)15-18)22-8-7-21(16-19(22)2)26(33)29-6/h7-9,14-16,20,27,34H,10-13,17H2,1-6H3,(H,29,33). The van der Waals surface area contributed by atoms with Crippen molar-refractivity contribution in [3.8, 4) is 11.3 Å². The molecule has 0 radical (unpaired) electrons. The zero-order valence-electron chi connectivity index (χ0n) is 21.8. The van der Waals surface area contributed by atoms with E-state index in [0.29, 0.717) is 11.5 Å². The van der Waals surface area contributed by atoms with Crippen LogP contribution < -0.4 is 5.32 Å². The highest BCUT2D eigenvalue weighted by atomic mass is 16.6. The van der Waals surface area contributed by atoms with Gasteiger partial charge in [0.2, 0.25) is 6.41 Å². The highest BCUT2D eigenvalue weighted by Crippen LogP contribution is 2.32. The lowest BCUT2D eigenvalue weighted by molar-refractivity contribution is -0.243. The molecule has 1 aliphatic rings. The highest BCUT2D eigenvalue weighted by Gasteiger charge is 2.29. The van der Waals surface area contributed by atoms with Crippen molar-refractivity contribution >= 4 is 11.6 Å². The van der Waals surface area contributed by atoms with Crippen LogP contribution in [0.1, 0.15) is 60.8 Å². The van der Waals surface area contributed by atoms with E-state index < -0.39 is 6.41 Å². The average Bonchev–Trinajstić information content (AvgIpc) is 3.14. The van der Waals surface area contributed by atoms with Crippen molar-refractivity contribution in [2.75, 3.05) is 20.1 Å².